The van der Waals surface area contributed by atoms with Gasteiger partial charge in [-0.05, 0) is 45.4 Å². The number of hydrogen-bond donors (Lipinski definition) is 1. The van der Waals surface area contributed by atoms with Crippen LogP contribution in [0.15, 0.2) is 24.3 Å². The minimum Gasteiger partial charge on any atom is -0.351 e. The summed E-state index contributed by atoms with van der Waals surface area (Å²) in [7, 11) is 0. The molecule has 1 rings (SSSR count). The number of rotatable bonds is 4. The molecule has 0 heterocycles. The first-order valence-corrected chi connectivity index (χ1v) is 6.85. The van der Waals surface area contributed by atoms with Crippen LogP contribution in [0.5, 0.6) is 0 Å². The van der Waals surface area contributed by atoms with Crippen molar-refractivity contribution in [2.24, 2.45) is 0 Å². The third-order valence-corrected chi connectivity index (χ3v) is 2.77. The van der Waals surface area contributed by atoms with E-state index in [1.165, 1.54) is 6.92 Å². The fourth-order valence-electron chi connectivity index (χ4n) is 1.96. The summed E-state index contributed by atoms with van der Waals surface area (Å²) in [6, 6.07) is 7.73. The van der Waals surface area contributed by atoms with Crippen LogP contribution < -0.4 is 10.2 Å². The van der Waals surface area contributed by atoms with Crippen LogP contribution in [0.2, 0.25) is 0 Å². The van der Waals surface area contributed by atoms with Gasteiger partial charge in [-0.1, -0.05) is 12.1 Å². The second-order valence-corrected chi connectivity index (χ2v) is 6.06. The Hall–Kier alpha value is -1.84. The first-order chi connectivity index (χ1) is 9.19. The lowest BCUT2D eigenvalue weighted by molar-refractivity contribution is -0.122. The highest BCUT2D eigenvalue weighted by Crippen LogP contribution is 2.16. The molecule has 0 bridgehead atoms. The van der Waals surface area contributed by atoms with Gasteiger partial charge in [-0.3, -0.25) is 9.59 Å². The van der Waals surface area contributed by atoms with Gasteiger partial charge < -0.3 is 10.2 Å². The Kier molecular flexibility index (Phi) is 5.31. The predicted octanol–water partition coefficient (Wildman–Crippen LogP) is 2.65. The first-order valence-electron chi connectivity index (χ1n) is 6.85. The van der Waals surface area contributed by atoms with E-state index < -0.39 is 0 Å². The highest BCUT2D eigenvalue weighted by molar-refractivity contribution is 5.92. The van der Waals surface area contributed by atoms with Gasteiger partial charge in [0, 0.05) is 31.1 Å². The minimum absolute atomic E-state index is 0.0450. The van der Waals surface area contributed by atoms with Crippen LogP contribution in [0.1, 0.15) is 39.7 Å². The van der Waals surface area contributed by atoms with Crippen molar-refractivity contribution in [3.63, 3.8) is 0 Å². The Bertz CT molecular complexity index is 489. The Labute approximate surface area is 121 Å². The molecule has 1 aromatic carbocycles. The van der Waals surface area contributed by atoms with E-state index in [1.807, 2.05) is 52.0 Å². The maximum atomic E-state index is 11.8. The summed E-state index contributed by atoms with van der Waals surface area (Å²) in [5, 5.41) is 2.90. The van der Waals surface area contributed by atoms with Gasteiger partial charge in [0.1, 0.15) is 0 Å². The summed E-state index contributed by atoms with van der Waals surface area (Å²) in [6.07, 6.45) is 0.296. The summed E-state index contributed by atoms with van der Waals surface area (Å²) in [6.45, 7) is 9.70. The standard InChI is InChI=1S/C16H24N2O2/c1-12-7-6-8-14(11-12)18(13(2)19)10-9-15(20)17-16(3,4)5/h6-8,11H,9-10H2,1-5H3,(H,17,20). The quantitative estimate of drug-likeness (QED) is 0.919. The molecule has 0 aliphatic carbocycles. The fraction of sp³-hybridized carbons (Fsp3) is 0.500. The van der Waals surface area contributed by atoms with Crippen LogP contribution in [0, 0.1) is 6.92 Å². The smallest absolute Gasteiger partial charge is 0.223 e. The fourth-order valence-corrected chi connectivity index (χ4v) is 1.96. The van der Waals surface area contributed by atoms with Gasteiger partial charge in [-0.25, -0.2) is 0 Å². The number of hydrogen-bond acceptors (Lipinski definition) is 2. The van der Waals surface area contributed by atoms with Crippen LogP contribution in [0.25, 0.3) is 0 Å². The van der Waals surface area contributed by atoms with Crippen molar-refractivity contribution in [2.75, 3.05) is 11.4 Å². The normalized spacial score (nSPS) is 11.1. The summed E-state index contributed by atoms with van der Waals surface area (Å²) >= 11 is 0. The lowest BCUT2D eigenvalue weighted by atomic mass is 10.1. The zero-order valence-electron chi connectivity index (χ0n) is 13.0. The zero-order valence-corrected chi connectivity index (χ0v) is 13.0. The number of nitrogens with one attached hydrogen (secondary N) is 1. The van der Waals surface area contributed by atoms with E-state index in [9.17, 15) is 9.59 Å². The molecule has 0 aliphatic rings. The molecule has 0 saturated heterocycles. The molecule has 1 N–H and O–H groups in total. The average molecular weight is 276 g/mol. The Morgan fingerprint density at radius 1 is 1.25 bits per heavy atom. The maximum Gasteiger partial charge on any atom is 0.223 e. The third kappa shape index (κ3) is 5.43. The lowest BCUT2D eigenvalue weighted by Gasteiger charge is -2.24. The zero-order chi connectivity index (χ0) is 15.3. The maximum absolute atomic E-state index is 11.8. The highest BCUT2D eigenvalue weighted by atomic mass is 16.2. The molecule has 0 fully saturated rings. The van der Waals surface area contributed by atoms with E-state index in [4.69, 9.17) is 0 Å². The second-order valence-electron chi connectivity index (χ2n) is 6.06. The molecule has 0 aromatic heterocycles. The number of amides is 2. The van der Waals surface area contributed by atoms with E-state index in [-0.39, 0.29) is 17.4 Å². The number of aryl methyl sites for hydroxylation is 1. The van der Waals surface area contributed by atoms with Crippen molar-refractivity contribution in [3.8, 4) is 0 Å². The summed E-state index contributed by atoms with van der Waals surface area (Å²) in [4.78, 5) is 25.2. The summed E-state index contributed by atoms with van der Waals surface area (Å²) in [5.41, 5.74) is 1.68. The number of carbonyl (C=O) groups excluding carboxylic acids is 2. The molecular formula is C16H24N2O2. The Balaban J connectivity index is 2.70. The minimum atomic E-state index is -0.249. The van der Waals surface area contributed by atoms with Gasteiger partial charge in [-0.2, -0.15) is 0 Å². The molecule has 4 nitrogen and oxygen atoms in total. The molecule has 0 aliphatic heterocycles. The monoisotopic (exact) mass is 276 g/mol. The lowest BCUT2D eigenvalue weighted by Crippen LogP contribution is -2.42. The highest BCUT2D eigenvalue weighted by Gasteiger charge is 2.17. The molecule has 110 valence electrons. The number of nitrogens with zero attached hydrogens (tertiary/aromatic N) is 1. The molecule has 0 spiro atoms. The SMILES string of the molecule is CC(=O)N(CCC(=O)NC(C)(C)C)c1cccc(C)c1. The number of carbonyl (C=O) groups is 2. The molecule has 20 heavy (non-hydrogen) atoms. The molecule has 0 saturated carbocycles. The molecule has 0 unspecified atom stereocenters. The van der Waals surface area contributed by atoms with Crippen molar-refractivity contribution >= 4 is 17.5 Å². The van der Waals surface area contributed by atoms with Gasteiger partial charge in [0.15, 0.2) is 0 Å². The molecule has 4 heteroatoms. The molecule has 2 amide bonds. The van der Waals surface area contributed by atoms with Crippen LogP contribution in [0.4, 0.5) is 5.69 Å². The summed E-state index contributed by atoms with van der Waals surface area (Å²) < 4.78 is 0. The van der Waals surface area contributed by atoms with E-state index in [2.05, 4.69) is 5.32 Å². The van der Waals surface area contributed by atoms with Crippen LogP contribution >= 0.6 is 0 Å². The Morgan fingerprint density at radius 2 is 1.90 bits per heavy atom. The molecule has 1 aromatic rings. The van der Waals surface area contributed by atoms with Gasteiger partial charge >= 0.3 is 0 Å². The van der Waals surface area contributed by atoms with E-state index in [1.54, 1.807) is 4.90 Å². The van der Waals surface area contributed by atoms with E-state index in [0.717, 1.165) is 11.3 Å². The average Bonchev–Trinajstić information content (AvgIpc) is 2.26. The molecule has 0 radical (unpaired) electrons. The van der Waals surface area contributed by atoms with Gasteiger partial charge in [0.2, 0.25) is 11.8 Å². The van der Waals surface area contributed by atoms with E-state index >= 15 is 0 Å². The van der Waals surface area contributed by atoms with Crippen LogP contribution in [-0.2, 0) is 9.59 Å². The predicted molar refractivity (Wildman–Crippen MR) is 81.7 cm³/mol. The van der Waals surface area contributed by atoms with Gasteiger partial charge in [-0.15, -0.1) is 0 Å². The van der Waals surface area contributed by atoms with Crippen molar-refractivity contribution in [2.45, 2.75) is 46.6 Å². The Morgan fingerprint density at radius 3 is 2.40 bits per heavy atom. The summed E-state index contributed by atoms with van der Waals surface area (Å²) in [5.74, 6) is -0.101. The van der Waals surface area contributed by atoms with E-state index in [0.29, 0.717) is 13.0 Å². The van der Waals surface area contributed by atoms with Crippen molar-refractivity contribution < 1.29 is 9.59 Å². The number of benzene rings is 1. The van der Waals surface area contributed by atoms with Crippen molar-refractivity contribution in [1.82, 2.24) is 5.32 Å². The largest absolute Gasteiger partial charge is 0.351 e. The second kappa shape index (κ2) is 6.55. The van der Waals surface area contributed by atoms with Crippen LogP contribution in [0.3, 0.4) is 0 Å². The number of anilines is 1. The van der Waals surface area contributed by atoms with Gasteiger partial charge in [0.25, 0.3) is 0 Å². The van der Waals surface area contributed by atoms with Crippen molar-refractivity contribution in [3.05, 3.63) is 29.8 Å². The molecule has 0 atom stereocenters. The van der Waals surface area contributed by atoms with Crippen LogP contribution in [-0.4, -0.2) is 23.9 Å². The van der Waals surface area contributed by atoms with Crippen molar-refractivity contribution in [1.29, 1.82) is 0 Å². The topological polar surface area (TPSA) is 49.4 Å². The third-order valence-electron chi connectivity index (χ3n) is 2.77. The molecular weight excluding hydrogens is 252 g/mol. The van der Waals surface area contributed by atoms with Gasteiger partial charge in [0.05, 0.1) is 0 Å². The first kappa shape index (κ1) is 16.2.